The Morgan fingerprint density at radius 3 is 1.97 bits per heavy atom. The first-order valence-electron chi connectivity index (χ1n) is 11.6. The fraction of sp³-hybridized carbons (Fsp3) is 0.370. The van der Waals surface area contributed by atoms with Crippen LogP contribution in [0.4, 0.5) is 0 Å². The standard InChI is InChI=1S/C13H9.C12H23OSi2.C2H4.2ClH.Zr/c1-3-7-12-10(5-1)9-11-6-2-4-8-13(11)12;1-14(2,3)13-10-11-15(4,5)12-8-6-7-9-12;1-2;;;/h1-9H;8-9H,6,10-11H2,1-5H3;1H,2H3;2*1H;/q;;;;;+2/p-2. The van der Waals surface area contributed by atoms with Crippen LogP contribution in [-0.4, -0.2) is 26.7 Å². The second kappa shape index (κ2) is 11.6. The van der Waals surface area contributed by atoms with E-state index in [0.29, 0.717) is 3.63 Å². The molecule has 2 aromatic rings. The van der Waals surface area contributed by atoms with Gasteiger partial charge in [0, 0.05) is 0 Å². The molecule has 0 amide bonds. The van der Waals surface area contributed by atoms with E-state index in [1.165, 1.54) is 23.6 Å². The summed E-state index contributed by atoms with van der Waals surface area (Å²) in [6.45, 7) is 15.2. The minimum absolute atomic E-state index is 0. The molecule has 0 aromatic heterocycles. The maximum atomic E-state index is 6.21. The number of fused-ring (bicyclic) bond motifs is 3. The molecular formula is C27H36Cl2OSi2Zr. The molecule has 0 spiro atoms. The van der Waals surface area contributed by atoms with Gasteiger partial charge in [0.15, 0.2) is 0 Å². The maximum absolute atomic E-state index is 6.21. The largest absolute Gasteiger partial charge is 1.00 e. The number of rotatable bonds is 7. The Kier molecular flexibility index (Phi) is 10.1. The van der Waals surface area contributed by atoms with Crippen molar-refractivity contribution in [1.82, 2.24) is 0 Å². The van der Waals surface area contributed by atoms with Gasteiger partial charge in [-0.15, -0.1) is 0 Å². The average Bonchev–Trinajstić information content (AvgIpc) is 3.33. The summed E-state index contributed by atoms with van der Waals surface area (Å²) in [6, 6.07) is 19.5. The van der Waals surface area contributed by atoms with Crippen LogP contribution in [-0.2, 0) is 25.7 Å². The molecule has 2 aliphatic rings. The van der Waals surface area contributed by atoms with E-state index in [0.717, 1.165) is 6.61 Å². The van der Waals surface area contributed by atoms with Gasteiger partial charge in [0.25, 0.3) is 0 Å². The molecule has 0 atom stereocenters. The summed E-state index contributed by atoms with van der Waals surface area (Å²) in [5, 5.41) is 1.67. The molecule has 0 unspecified atom stereocenters. The van der Waals surface area contributed by atoms with Crippen LogP contribution < -0.4 is 24.8 Å². The molecule has 1 nitrogen and oxygen atoms in total. The van der Waals surface area contributed by atoms with Gasteiger partial charge in [0.05, 0.1) is 0 Å². The van der Waals surface area contributed by atoms with E-state index < -0.39 is 37.7 Å². The third kappa shape index (κ3) is 6.26. The van der Waals surface area contributed by atoms with Gasteiger partial charge < -0.3 is 24.8 Å². The predicted octanol–water partition coefficient (Wildman–Crippen LogP) is 1.52. The van der Waals surface area contributed by atoms with Crippen molar-refractivity contribution in [1.29, 1.82) is 0 Å². The summed E-state index contributed by atoms with van der Waals surface area (Å²) in [5.74, 6) is 0. The van der Waals surface area contributed by atoms with Crippen molar-refractivity contribution >= 4 is 20.1 Å². The van der Waals surface area contributed by atoms with Gasteiger partial charge in [0.2, 0.25) is 0 Å². The molecule has 176 valence electrons. The quantitative estimate of drug-likeness (QED) is 0.442. The monoisotopic (exact) mass is 592 g/mol. The third-order valence-corrected chi connectivity index (χ3v) is 18.4. The molecule has 0 fully saturated rings. The number of halogens is 2. The van der Waals surface area contributed by atoms with E-state index in [1.54, 1.807) is 19.6 Å². The second-order valence-corrected chi connectivity index (χ2v) is 26.5. The minimum Gasteiger partial charge on any atom is -1.00 e. The van der Waals surface area contributed by atoms with Crippen LogP contribution >= 0.6 is 0 Å². The van der Waals surface area contributed by atoms with E-state index in [-0.39, 0.29) is 24.8 Å². The molecule has 0 aliphatic heterocycles. The van der Waals surface area contributed by atoms with Crippen molar-refractivity contribution in [3.05, 3.63) is 80.3 Å². The zero-order chi connectivity index (χ0) is 22.2. The molecule has 2 aromatic carbocycles. The van der Waals surface area contributed by atoms with Gasteiger partial charge in [0.1, 0.15) is 0 Å². The molecule has 0 saturated heterocycles. The second-order valence-electron chi connectivity index (χ2n) is 10.5. The summed E-state index contributed by atoms with van der Waals surface area (Å²) in [7, 11) is -2.88. The summed E-state index contributed by atoms with van der Waals surface area (Å²) in [4.78, 5) is 0. The third-order valence-electron chi connectivity index (χ3n) is 6.74. The fourth-order valence-corrected chi connectivity index (χ4v) is 15.5. The van der Waals surface area contributed by atoms with Crippen LogP contribution in [0.1, 0.15) is 28.1 Å². The van der Waals surface area contributed by atoms with Crippen molar-refractivity contribution in [3.63, 3.8) is 0 Å². The van der Waals surface area contributed by atoms with Crippen LogP contribution in [0.25, 0.3) is 11.1 Å². The Balaban J connectivity index is 0.00000193. The number of hydrogen-bond donors (Lipinski definition) is 0. The summed E-state index contributed by atoms with van der Waals surface area (Å²) in [6.07, 6.45) is 6.41. The van der Waals surface area contributed by atoms with Crippen LogP contribution in [0.5, 0.6) is 0 Å². The molecule has 0 bridgehead atoms. The van der Waals surface area contributed by atoms with Crippen molar-refractivity contribution in [2.75, 3.05) is 6.61 Å². The first kappa shape index (κ1) is 28.9. The van der Waals surface area contributed by atoms with Crippen LogP contribution in [0, 0.1) is 0 Å². The number of hydrogen-bond acceptors (Lipinski definition) is 1. The normalized spacial score (nSPS) is 15.2. The van der Waals surface area contributed by atoms with E-state index in [1.807, 2.05) is 0 Å². The molecule has 0 N–H and O–H groups in total. The van der Waals surface area contributed by atoms with E-state index in [2.05, 4.69) is 104 Å². The van der Waals surface area contributed by atoms with Gasteiger partial charge in [-0.2, -0.15) is 0 Å². The summed E-state index contributed by atoms with van der Waals surface area (Å²) >= 11 is -1.99. The predicted molar refractivity (Wildman–Crippen MR) is 138 cm³/mol. The first-order chi connectivity index (χ1) is 14.7. The maximum Gasteiger partial charge on any atom is -1.00 e. The first-order valence-corrected chi connectivity index (χ1v) is 22.3. The van der Waals surface area contributed by atoms with Crippen LogP contribution in [0.2, 0.25) is 38.8 Å². The molecule has 33 heavy (non-hydrogen) atoms. The Hall–Kier alpha value is -0.353. The molecule has 2 aliphatic carbocycles. The Morgan fingerprint density at radius 1 is 0.909 bits per heavy atom. The number of allylic oxidation sites excluding steroid dienone is 4. The molecule has 0 saturated carbocycles. The molecular weight excluding hydrogens is 559 g/mol. The Labute approximate surface area is 222 Å². The van der Waals surface area contributed by atoms with Gasteiger partial charge >= 0.3 is 200 Å². The molecule has 4 rings (SSSR count). The zero-order valence-corrected chi connectivity index (χ0v) is 26.7. The van der Waals surface area contributed by atoms with Crippen molar-refractivity contribution in [3.8, 4) is 11.1 Å². The molecule has 0 heterocycles. The SMILES string of the molecule is C[CH]=[Zr+2]([C]1=CC([Si](C)(C)CCO[Si](C)(C)C)=CC1)[CH]1c2ccccc2-c2ccccc21.[Cl-].[Cl-]. The topological polar surface area (TPSA) is 9.23 Å². The van der Waals surface area contributed by atoms with Gasteiger partial charge in [-0.25, -0.2) is 0 Å². The van der Waals surface area contributed by atoms with Gasteiger partial charge in [-0.05, 0) is 0 Å². The Bertz CT molecular complexity index is 1040. The van der Waals surface area contributed by atoms with Gasteiger partial charge in [-0.1, -0.05) is 0 Å². The average molecular weight is 595 g/mol. The summed E-state index contributed by atoms with van der Waals surface area (Å²) in [5.41, 5.74) is 6.08. The smallest absolute Gasteiger partial charge is 1.00 e. The van der Waals surface area contributed by atoms with Crippen molar-refractivity contribution < 1.29 is 50.5 Å². The fourth-order valence-electron chi connectivity index (χ4n) is 4.98. The van der Waals surface area contributed by atoms with Crippen LogP contribution in [0.3, 0.4) is 0 Å². The molecule has 6 heteroatoms. The minimum atomic E-state index is -1.99. The van der Waals surface area contributed by atoms with Gasteiger partial charge in [-0.3, -0.25) is 0 Å². The van der Waals surface area contributed by atoms with E-state index in [9.17, 15) is 0 Å². The van der Waals surface area contributed by atoms with Crippen LogP contribution in [0.15, 0.2) is 69.2 Å². The van der Waals surface area contributed by atoms with Crippen molar-refractivity contribution in [2.24, 2.45) is 0 Å². The number of benzene rings is 2. The molecule has 0 radical (unpaired) electrons. The van der Waals surface area contributed by atoms with E-state index >= 15 is 0 Å². The summed E-state index contributed by atoms with van der Waals surface area (Å²) < 4.78 is 11.3. The van der Waals surface area contributed by atoms with Crippen molar-refractivity contribution in [2.45, 2.75) is 55.7 Å². The Morgan fingerprint density at radius 2 is 1.45 bits per heavy atom. The zero-order valence-electron chi connectivity index (χ0n) is 20.7. The van der Waals surface area contributed by atoms with E-state index in [4.69, 9.17) is 4.43 Å².